The van der Waals surface area contributed by atoms with Crippen LogP contribution < -0.4 is 10.6 Å². The van der Waals surface area contributed by atoms with E-state index in [-0.39, 0.29) is 0 Å². The van der Waals surface area contributed by atoms with Gasteiger partial charge in [-0.15, -0.1) is 0 Å². The molecule has 1 unspecified atom stereocenters. The fraction of sp³-hybridized carbons (Fsp3) is 0.938. The zero-order chi connectivity index (χ0) is 16.9. The molecular weight excluding hydrogens is 294 g/mol. The van der Waals surface area contributed by atoms with Gasteiger partial charge < -0.3 is 25.0 Å². The molecule has 0 aromatic carbocycles. The van der Waals surface area contributed by atoms with Crippen molar-refractivity contribution in [2.75, 3.05) is 80.3 Å². The van der Waals surface area contributed by atoms with E-state index in [4.69, 9.17) is 9.47 Å². The lowest BCUT2D eigenvalue weighted by atomic mass is 10.2. The number of rotatable bonds is 10. The van der Waals surface area contributed by atoms with Gasteiger partial charge in [0.25, 0.3) is 0 Å². The normalized spacial score (nSPS) is 18.9. The monoisotopic (exact) mass is 329 g/mol. The molecule has 0 aliphatic carbocycles. The predicted molar refractivity (Wildman–Crippen MR) is 95.2 cm³/mol. The van der Waals surface area contributed by atoms with Gasteiger partial charge in [-0.25, -0.2) is 0 Å². The number of ether oxygens (including phenoxy) is 2. The van der Waals surface area contributed by atoms with Gasteiger partial charge in [0.05, 0.1) is 13.2 Å². The number of nitrogens with zero attached hydrogens (tertiary/aromatic N) is 3. The number of piperazine rings is 1. The van der Waals surface area contributed by atoms with E-state index in [1.165, 1.54) is 0 Å². The van der Waals surface area contributed by atoms with E-state index in [2.05, 4.69) is 39.4 Å². The molecule has 1 heterocycles. The largest absolute Gasteiger partial charge is 0.382 e. The molecule has 1 atom stereocenters. The van der Waals surface area contributed by atoms with Crippen LogP contribution in [-0.2, 0) is 9.47 Å². The number of guanidine groups is 1. The van der Waals surface area contributed by atoms with E-state index in [9.17, 15) is 0 Å². The van der Waals surface area contributed by atoms with Crippen LogP contribution in [0, 0.1) is 0 Å². The standard InChI is InChI=1S/C16H35N5O2/c1-15(21-9-7-20(3)8-10-21)14-19-16(17-2)18-6-5-11-23-13-12-22-4/h15H,5-14H2,1-4H3,(H2,17,18,19). The molecule has 2 N–H and O–H groups in total. The topological polar surface area (TPSA) is 61.4 Å². The summed E-state index contributed by atoms with van der Waals surface area (Å²) in [4.78, 5) is 9.18. The summed E-state index contributed by atoms with van der Waals surface area (Å²) < 4.78 is 10.4. The number of nitrogens with one attached hydrogen (secondary N) is 2. The molecule has 1 aliphatic rings. The highest BCUT2D eigenvalue weighted by Gasteiger charge is 2.18. The van der Waals surface area contributed by atoms with Crippen LogP contribution in [-0.4, -0.2) is 102 Å². The minimum atomic E-state index is 0.514. The van der Waals surface area contributed by atoms with Crippen LogP contribution in [0.4, 0.5) is 0 Å². The van der Waals surface area contributed by atoms with Crippen molar-refractivity contribution in [1.82, 2.24) is 20.4 Å². The molecule has 0 radical (unpaired) electrons. The van der Waals surface area contributed by atoms with Crippen molar-refractivity contribution in [2.45, 2.75) is 19.4 Å². The summed E-state index contributed by atoms with van der Waals surface area (Å²) in [7, 11) is 5.68. The molecule has 7 nitrogen and oxygen atoms in total. The Labute approximate surface area is 141 Å². The third-order valence-corrected chi connectivity index (χ3v) is 4.14. The highest BCUT2D eigenvalue weighted by Crippen LogP contribution is 2.03. The Balaban J connectivity index is 2.09. The van der Waals surface area contributed by atoms with Crippen molar-refractivity contribution in [1.29, 1.82) is 0 Å². The summed E-state index contributed by atoms with van der Waals surface area (Å²) in [5.74, 6) is 0.864. The first-order chi connectivity index (χ1) is 11.2. The lowest BCUT2D eigenvalue weighted by Gasteiger charge is -2.36. The minimum absolute atomic E-state index is 0.514. The summed E-state index contributed by atoms with van der Waals surface area (Å²) in [6, 6.07) is 0.514. The van der Waals surface area contributed by atoms with E-state index < -0.39 is 0 Å². The summed E-state index contributed by atoms with van der Waals surface area (Å²) in [5, 5.41) is 6.74. The van der Waals surface area contributed by atoms with Crippen LogP contribution >= 0.6 is 0 Å². The minimum Gasteiger partial charge on any atom is -0.382 e. The van der Waals surface area contributed by atoms with Gasteiger partial charge in [0, 0.05) is 66.1 Å². The van der Waals surface area contributed by atoms with Gasteiger partial charge in [0.15, 0.2) is 5.96 Å². The second kappa shape index (κ2) is 12.5. The Morgan fingerprint density at radius 1 is 1.13 bits per heavy atom. The van der Waals surface area contributed by atoms with Gasteiger partial charge in [-0.2, -0.15) is 0 Å². The molecule has 0 aromatic rings. The van der Waals surface area contributed by atoms with E-state index >= 15 is 0 Å². The SMILES string of the molecule is CN=C(NCCCOCCOC)NCC(C)N1CCN(C)CC1. The maximum atomic E-state index is 5.44. The lowest BCUT2D eigenvalue weighted by Crippen LogP contribution is -2.52. The number of likely N-dealkylation sites (N-methyl/N-ethyl adjacent to an activating group) is 1. The van der Waals surface area contributed by atoms with E-state index in [0.717, 1.165) is 58.3 Å². The second-order valence-electron chi connectivity index (χ2n) is 6.03. The van der Waals surface area contributed by atoms with E-state index in [0.29, 0.717) is 19.3 Å². The average Bonchev–Trinajstić information content (AvgIpc) is 2.57. The van der Waals surface area contributed by atoms with E-state index in [1.54, 1.807) is 7.11 Å². The lowest BCUT2D eigenvalue weighted by molar-refractivity contribution is 0.0698. The number of hydrogen-bond donors (Lipinski definition) is 2. The zero-order valence-corrected chi connectivity index (χ0v) is 15.3. The molecule has 23 heavy (non-hydrogen) atoms. The molecule has 136 valence electrons. The first-order valence-electron chi connectivity index (χ1n) is 8.61. The number of aliphatic imine (C=N–C) groups is 1. The van der Waals surface area contributed by atoms with Gasteiger partial charge in [-0.05, 0) is 20.4 Å². The maximum absolute atomic E-state index is 5.44. The molecule has 1 saturated heterocycles. The smallest absolute Gasteiger partial charge is 0.191 e. The first-order valence-corrected chi connectivity index (χ1v) is 8.61. The van der Waals surface area contributed by atoms with Crippen LogP contribution in [0.1, 0.15) is 13.3 Å². The Morgan fingerprint density at radius 2 is 1.87 bits per heavy atom. The average molecular weight is 329 g/mol. The molecule has 0 spiro atoms. The third-order valence-electron chi connectivity index (χ3n) is 4.14. The quantitative estimate of drug-likeness (QED) is 0.330. The summed E-state index contributed by atoms with van der Waals surface area (Å²) in [6.07, 6.45) is 0.957. The van der Waals surface area contributed by atoms with Gasteiger partial charge in [0.2, 0.25) is 0 Å². The van der Waals surface area contributed by atoms with Crippen LogP contribution in [0.25, 0.3) is 0 Å². The summed E-state index contributed by atoms with van der Waals surface area (Å²) >= 11 is 0. The van der Waals surface area contributed by atoms with Crippen LogP contribution in [0.2, 0.25) is 0 Å². The summed E-state index contributed by atoms with van der Waals surface area (Å²) in [6.45, 7) is 10.7. The Bertz CT molecular complexity index is 320. The number of hydrogen-bond acceptors (Lipinski definition) is 5. The molecule has 1 rings (SSSR count). The Morgan fingerprint density at radius 3 is 2.52 bits per heavy atom. The molecular formula is C16H35N5O2. The summed E-state index contributed by atoms with van der Waals surface area (Å²) in [5.41, 5.74) is 0. The van der Waals surface area contributed by atoms with Gasteiger partial charge >= 0.3 is 0 Å². The van der Waals surface area contributed by atoms with Gasteiger partial charge in [-0.1, -0.05) is 0 Å². The van der Waals surface area contributed by atoms with Crippen molar-refractivity contribution in [3.8, 4) is 0 Å². The molecule has 0 saturated carbocycles. The predicted octanol–water partition coefficient (Wildman–Crippen LogP) is -0.160. The first kappa shape index (κ1) is 20.2. The highest BCUT2D eigenvalue weighted by atomic mass is 16.5. The van der Waals surface area contributed by atoms with Crippen molar-refractivity contribution < 1.29 is 9.47 Å². The van der Waals surface area contributed by atoms with Crippen molar-refractivity contribution >= 4 is 5.96 Å². The Kier molecular flexibility index (Phi) is 11.0. The molecule has 1 fully saturated rings. The second-order valence-corrected chi connectivity index (χ2v) is 6.03. The molecule has 0 bridgehead atoms. The van der Waals surface area contributed by atoms with Crippen molar-refractivity contribution in [3.63, 3.8) is 0 Å². The maximum Gasteiger partial charge on any atom is 0.191 e. The van der Waals surface area contributed by atoms with Gasteiger partial charge in [-0.3, -0.25) is 9.89 Å². The van der Waals surface area contributed by atoms with Crippen LogP contribution in [0.5, 0.6) is 0 Å². The number of methoxy groups -OCH3 is 1. The highest BCUT2D eigenvalue weighted by molar-refractivity contribution is 5.79. The zero-order valence-electron chi connectivity index (χ0n) is 15.3. The van der Waals surface area contributed by atoms with Crippen LogP contribution in [0.15, 0.2) is 4.99 Å². The van der Waals surface area contributed by atoms with Crippen LogP contribution in [0.3, 0.4) is 0 Å². The molecule has 7 heteroatoms. The molecule has 0 aromatic heterocycles. The van der Waals surface area contributed by atoms with E-state index in [1.807, 2.05) is 7.05 Å². The fourth-order valence-electron chi connectivity index (χ4n) is 2.48. The molecule has 1 aliphatic heterocycles. The molecule has 0 amide bonds. The van der Waals surface area contributed by atoms with Gasteiger partial charge in [0.1, 0.15) is 0 Å². The fourth-order valence-corrected chi connectivity index (χ4v) is 2.48. The van der Waals surface area contributed by atoms with Crippen molar-refractivity contribution in [3.05, 3.63) is 0 Å². The third kappa shape index (κ3) is 9.10. The Hall–Kier alpha value is -0.890. The van der Waals surface area contributed by atoms with Crippen molar-refractivity contribution in [2.24, 2.45) is 4.99 Å².